The van der Waals surface area contributed by atoms with Gasteiger partial charge in [0.15, 0.2) is 11.8 Å². The number of nitrogens with zero attached hydrogens (tertiary/aromatic N) is 2. The van der Waals surface area contributed by atoms with Gasteiger partial charge in [-0.1, -0.05) is 18.2 Å². The van der Waals surface area contributed by atoms with E-state index in [1.807, 2.05) is 0 Å². The molecule has 2 heterocycles. The molecule has 0 spiro atoms. The monoisotopic (exact) mass is 468 g/mol. The van der Waals surface area contributed by atoms with Gasteiger partial charge in [-0.15, -0.1) is 0 Å². The standard InChI is InChI=1S/C21H20F4N4O2S/c22-16-5-3-13(8-15(16)20-7-1-2-12(20)10-32-19(26)29-20)28-18(30)17-6-4-14(9-27-17)31-11-21(23,24)25/h3-6,8-9,12H,1-2,7,10-11H2,(H2,26,29)(H,28,30). The van der Waals surface area contributed by atoms with Crippen LogP contribution < -0.4 is 15.8 Å². The van der Waals surface area contributed by atoms with Crippen molar-refractivity contribution in [2.45, 2.75) is 31.0 Å². The number of amidine groups is 1. The predicted octanol–water partition coefficient (Wildman–Crippen LogP) is 4.47. The average molecular weight is 468 g/mol. The summed E-state index contributed by atoms with van der Waals surface area (Å²) in [5, 5.41) is 3.08. The maximum Gasteiger partial charge on any atom is 0.422 e. The van der Waals surface area contributed by atoms with Crippen LogP contribution in [0.5, 0.6) is 5.75 Å². The highest BCUT2D eigenvalue weighted by molar-refractivity contribution is 8.13. The van der Waals surface area contributed by atoms with Crippen molar-refractivity contribution in [3.8, 4) is 5.75 Å². The molecule has 32 heavy (non-hydrogen) atoms. The Bertz CT molecular complexity index is 1050. The Labute approximate surface area is 185 Å². The molecule has 1 aliphatic heterocycles. The SMILES string of the molecule is NC1=NC2(c3cc(NC(=O)c4ccc(OCC(F)(F)F)cn4)ccc3F)CCCC2CS1. The van der Waals surface area contributed by atoms with Gasteiger partial charge in [-0.05, 0) is 49.1 Å². The Balaban J connectivity index is 1.52. The first-order valence-electron chi connectivity index (χ1n) is 9.91. The predicted molar refractivity (Wildman–Crippen MR) is 113 cm³/mol. The number of ether oxygens (including phenoxy) is 1. The zero-order valence-corrected chi connectivity index (χ0v) is 17.6. The third-order valence-electron chi connectivity index (χ3n) is 5.59. The number of alkyl halides is 3. The van der Waals surface area contributed by atoms with Gasteiger partial charge in [0.1, 0.15) is 17.3 Å². The third-order valence-corrected chi connectivity index (χ3v) is 6.55. The van der Waals surface area contributed by atoms with Crippen LogP contribution >= 0.6 is 11.8 Å². The van der Waals surface area contributed by atoms with E-state index < -0.39 is 30.0 Å². The van der Waals surface area contributed by atoms with Gasteiger partial charge >= 0.3 is 6.18 Å². The topological polar surface area (TPSA) is 89.6 Å². The zero-order chi connectivity index (χ0) is 22.9. The number of nitrogens with two attached hydrogens (primary N) is 1. The zero-order valence-electron chi connectivity index (χ0n) is 16.8. The van der Waals surface area contributed by atoms with E-state index in [1.165, 1.54) is 36.0 Å². The second kappa shape index (κ2) is 8.61. The van der Waals surface area contributed by atoms with E-state index in [2.05, 4.69) is 20.0 Å². The number of hydrogen-bond acceptors (Lipinski definition) is 6. The number of benzene rings is 1. The van der Waals surface area contributed by atoms with Crippen LogP contribution in [0.25, 0.3) is 0 Å². The summed E-state index contributed by atoms with van der Waals surface area (Å²) in [5.74, 6) is -0.195. The van der Waals surface area contributed by atoms with Gasteiger partial charge < -0.3 is 15.8 Å². The van der Waals surface area contributed by atoms with Crippen LogP contribution in [-0.2, 0) is 5.54 Å². The summed E-state index contributed by atoms with van der Waals surface area (Å²) in [6.07, 6.45) is -0.929. The number of hydrogen-bond donors (Lipinski definition) is 2. The molecular formula is C21H20F4N4O2S. The number of carbonyl (C=O) groups excluding carboxylic acids is 1. The minimum atomic E-state index is -4.47. The van der Waals surface area contributed by atoms with E-state index in [-0.39, 0.29) is 17.4 Å². The minimum absolute atomic E-state index is 0.0246. The average Bonchev–Trinajstić information content (AvgIpc) is 3.17. The number of halogens is 4. The van der Waals surface area contributed by atoms with Crippen LogP contribution in [0.4, 0.5) is 23.2 Å². The highest BCUT2D eigenvalue weighted by atomic mass is 32.2. The number of pyridine rings is 1. The molecule has 0 bridgehead atoms. The number of amides is 1. The summed E-state index contributed by atoms with van der Waals surface area (Å²) in [4.78, 5) is 21.0. The lowest BCUT2D eigenvalue weighted by Gasteiger charge is -2.36. The molecule has 4 rings (SSSR count). The second-order valence-electron chi connectivity index (χ2n) is 7.71. The van der Waals surface area contributed by atoms with Crippen molar-refractivity contribution < 1.29 is 27.1 Å². The molecule has 6 nitrogen and oxygen atoms in total. The summed E-state index contributed by atoms with van der Waals surface area (Å²) >= 11 is 1.47. The summed E-state index contributed by atoms with van der Waals surface area (Å²) in [6.45, 7) is -1.45. The van der Waals surface area contributed by atoms with Gasteiger partial charge in [-0.25, -0.2) is 9.37 Å². The molecule has 2 aromatic rings. The molecule has 2 unspecified atom stereocenters. The van der Waals surface area contributed by atoms with Crippen LogP contribution in [0.2, 0.25) is 0 Å². The van der Waals surface area contributed by atoms with Gasteiger partial charge in [0.05, 0.1) is 11.7 Å². The quantitative estimate of drug-likeness (QED) is 0.632. The van der Waals surface area contributed by atoms with E-state index in [0.29, 0.717) is 22.8 Å². The summed E-state index contributed by atoms with van der Waals surface area (Å²) in [7, 11) is 0. The maximum absolute atomic E-state index is 14.8. The fraction of sp³-hybridized carbons (Fsp3) is 0.381. The molecule has 0 saturated heterocycles. The van der Waals surface area contributed by atoms with E-state index in [9.17, 15) is 22.4 Å². The molecular weight excluding hydrogens is 448 g/mol. The number of thioether (sulfide) groups is 1. The molecule has 0 radical (unpaired) electrons. The maximum atomic E-state index is 14.8. The molecule has 1 amide bonds. The van der Waals surface area contributed by atoms with Gasteiger partial charge in [0.2, 0.25) is 0 Å². The fourth-order valence-electron chi connectivity index (χ4n) is 4.15. The number of aliphatic imine (C=N–C) groups is 1. The highest BCUT2D eigenvalue weighted by Crippen LogP contribution is 2.51. The number of aromatic nitrogens is 1. The van der Waals surface area contributed by atoms with E-state index in [0.717, 1.165) is 24.8 Å². The van der Waals surface area contributed by atoms with Crippen molar-refractivity contribution in [2.24, 2.45) is 16.6 Å². The van der Waals surface area contributed by atoms with E-state index >= 15 is 0 Å². The number of fused-ring (bicyclic) bond motifs is 1. The number of anilines is 1. The van der Waals surface area contributed by atoms with Crippen LogP contribution in [-0.4, -0.2) is 34.6 Å². The minimum Gasteiger partial charge on any atom is -0.483 e. The van der Waals surface area contributed by atoms with Crippen molar-refractivity contribution in [3.63, 3.8) is 0 Å². The molecule has 2 aliphatic rings. The summed E-state index contributed by atoms with van der Waals surface area (Å²) < 4.78 is 56.1. The molecule has 170 valence electrons. The van der Waals surface area contributed by atoms with Crippen molar-refractivity contribution in [1.29, 1.82) is 0 Å². The lowest BCUT2D eigenvalue weighted by molar-refractivity contribution is -0.153. The number of rotatable bonds is 5. The van der Waals surface area contributed by atoms with Gasteiger partial charge in [0.25, 0.3) is 5.91 Å². The van der Waals surface area contributed by atoms with Crippen molar-refractivity contribution in [1.82, 2.24) is 4.98 Å². The van der Waals surface area contributed by atoms with Crippen LogP contribution in [0.1, 0.15) is 35.3 Å². The molecule has 1 aromatic carbocycles. The Morgan fingerprint density at radius 1 is 1.31 bits per heavy atom. The van der Waals surface area contributed by atoms with Crippen molar-refractivity contribution in [3.05, 3.63) is 53.6 Å². The lowest BCUT2D eigenvalue weighted by Crippen LogP contribution is -2.37. The van der Waals surface area contributed by atoms with Crippen LogP contribution in [0.3, 0.4) is 0 Å². The molecule has 1 fully saturated rings. The molecule has 3 N–H and O–H groups in total. The van der Waals surface area contributed by atoms with Crippen molar-refractivity contribution in [2.75, 3.05) is 17.7 Å². The molecule has 1 aliphatic carbocycles. The van der Waals surface area contributed by atoms with Gasteiger partial charge in [-0.3, -0.25) is 9.79 Å². The Hall–Kier alpha value is -2.82. The summed E-state index contributed by atoms with van der Waals surface area (Å²) in [6, 6.07) is 6.76. The molecule has 1 saturated carbocycles. The Kier molecular flexibility index (Phi) is 6.02. The smallest absolute Gasteiger partial charge is 0.422 e. The van der Waals surface area contributed by atoms with E-state index in [4.69, 9.17) is 5.73 Å². The van der Waals surface area contributed by atoms with Crippen LogP contribution in [0, 0.1) is 11.7 Å². The van der Waals surface area contributed by atoms with Crippen LogP contribution in [0.15, 0.2) is 41.5 Å². The fourth-order valence-corrected chi connectivity index (χ4v) is 5.20. The Morgan fingerprint density at radius 3 is 2.84 bits per heavy atom. The molecule has 11 heteroatoms. The highest BCUT2D eigenvalue weighted by Gasteiger charge is 2.48. The largest absolute Gasteiger partial charge is 0.483 e. The van der Waals surface area contributed by atoms with Gasteiger partial charge in [-0.2, -0.15) is 13.2 Å². The van der Waals surface area contributed by atoms with E-state index in [1.54, 1.807) is 6.07 Å². The first kappa shape index (κ1) is 22.4. The van der Waals surface area contributed by atoms with Gasteiger partial charge in [0, 0.05) is 17.0 Å². The molecule has 1 aromatic heterocycles. The first-order valence-corrected chi connectivity index (χ1v) is 10.9. The van der Waals surface area contributed by atoms with Crippen molar-refractivity contribution >= 4 is 28.5 Å². The summed E-state index contributed by atoms with van der Waals surface area (Å²) in [5.41, 5.74) is 5.94. The third kappa shape index (κ3) is 4.67. The number of nitrogens with one attached hydrogen (secondary N) is 1. The first-order chi connectivity index (χ1) is 15.2. The molecule has 2 atom stereocenters. The Morgan fingerprint density at radius 2 is 2.12 bits per heavy atom. The normalized spacial score (nSPS) is 22.8. The lowest BCUT2D eigenvalue weighted by atomic mass is 9.81. The number of carbonyl (C=O) groups is 1. The second-order valence-corrected chi connectivity index (χ2v) is 8.75.